The summed E-state index contributed by atoms with van der Waals surface area (Å²) in [5.41, 5.74) is 0.646. The molecule has 13 heavy (non-hydrogen) atoms. The molecule has 68 valence electrons. The van der Waals surface area contributed by atoms with Crippen LogP contribution in [0.3, 0.4) is 0 Å². The van der Waals surface area contributed by atoms with Crippen molar-refractivity contribution >= 4 is 23.2 Å². The minimum atomic E-state index is -0.0359. The standard InChI is InChI=1S/C8H7Cl2N3/c1-5(2-3-11)6-7(9)12-4-13-8(6)10/h4-5H,2H2,1H3/t5-/m1/s1. The molecule has 0 radical (unpaired) electrons. The van der Waals surface area contributed by atoms with Crippen molar-refractivity contribution in [3.63, 3.8) is 0 Å². The van der Waals surface area contributed by atoms with E-state index in [9.17, 15) is 0 Å². The van der Waals surface area contributed by atoms with Crippen LogP contribution < -0.4 is 0 Å². The van der Waals surface area contributed by atoms with Gasteiger partial charge >= 0.3 is 0 Å². The molecule has 3 nitrogen and oxygen atoms in total. The zero-order valence-electron chi connectivity index (χ0n) is 6.96. The average molecular weight is 216 g/mol. The fourth-order valence-electron chi connectivity index (χ4n) is 1.00. The molecular formula is C8H7Cl2N3. The van der Waals surface area contributed by atoms with Gasteiger partial charge in [0.15, 0.2) is 0 Å². The van der Waals surface area contributed by atoms with E-state index in [1.54, 1.807) is 0 Å². The Kier molecular flexibility index (Phi) is 3.47. The largest absolute Gasteiger partial charge is 0.224 e. The molecule has 1 aromatic heterocycles. The first-order chi connectivity index (χ1) is 6.16. The maximum atomic E-state index is 8.50. The summed E-state index contributed by atoms with van der Waals surface area (Å²) >= 11 is 11.6. The predicted molar refractivity (Wildman–Crippen MR) is 50.7 cm³/mol. The molecule has 0 amide bonds. The number of hydrogen-bond acceptors (Lipinski definition) is 3. The van der Waals surface area contributed by atoms with Gasteiger partial charge in [-0.05, 0) is 0 Å². The topological polar surface area (TPSA) is 49.6 Å². The van der Waals surface area contributed by atoms with E-state index < -0.39 is 0 Å². The Hall–Kier alpha value is -0.850. The van der Waals surface area contributed by atoms with Gasteiger partial charge in [0.25, 0.3) is 0 Å². The van der Waals surface area contributed by atoms with E-state index in [0.29, 0.717) is 22.3 Å². The molecule has 1 heterocycles. The Balaban J connectivity index is 3.06. The van der Waals surface area contributed by atoms with E-state index in [2.05, 4.69) is 9.97 Å². The summed E-state index contributed by atoms with van der Waals surface area (Å²) in [4.78, 5) is 7.61. The molecule has 0 saturated heterocycles. The van der Waals surface area contributed by atoms with Gasteiger partial charge < -0.3 is 0 Å². The lowest BCUT2D eigenvalue weighted by atomic mass is 10.0. The summed E-state index contributed by atoms with van der Waals surface area (Å²) in [6.07, 6.45) is 1.65. The lowest BCUT2D eigenvalue weighted by molar-refractivity contribution is 0.776. The van der Waals surface area contributed by atoms with Crippen LogP contribution in [0, 0.1) is 11.3 Å². The molecule has 0 fully saturated rings. The number of nitrogens with zero attached hydrogens (tertiary/aromatic N) is 3. The van der Waals surface area contributed by atoms with Gasteiger partial charge in [0.05, 0.1) is 6.07 Å². The molecule has 1 rings (SSSR count). The quantitative estimate of drug-likeness (QED) is 0.714. The molecule has 0 aliphatic heterocycles. The maximum absolute atomic E-state index is 8.50. The van der Waals surface area contributed by atoms with E-state index in [1.807, 2.05) is 13.0 Å². The zero-order valence-corrected chi connectivity index (χ0v) is 8.47. The lowest BCUT2D eigenvalue weighted by Gasteiger charge is -2.09. The van der Waals surface area contributed by atoms with E-state index in [0.717, 1.165) is 0 Å². The first-order valence-electron chi connectivity index (χ1n) is 3.69. The van der Waals surface area contributed by atoms with Crippen molar-refractivity contribution in [2.45, 2.75) is 19.3 Å². The number of halogens is 2. The van der Waals surface area contributed by atoms with Crippen LogP contribution in [0.1, 0.15) is 24.8 Å². The van der Waals surface area contributed by atoms with Gasteiger partial charge in [-0.2, -0.15) is 5.26 Å². The van der Waals surface area contributed by atoms with Gasteiger partial charge in [-0.15, -0.1) is 0 Å². The molecule has 0 unspecified atom stereocenters. The molecule has 5 heteroatoms. The number of rotatable bonds is 2. The molecule has 0 N–H and O–H groups in total. The smallest absolute Gasteiger partial charge is 0.137 e. The Labute approximate surface area is 86.3 Å². The SMILES string of the molecule is C[C@H](CC#N)c1c(Cl)ncnc1Cl. The highest BCUT2D eigenvalue weighted by atomic mass is 35.5. The fraction of sp³-hybridized carbons (Fsp3) is 0.375. The Bertz CT molecular complexity index is 325. The minimum Gasteiger partial charge on any atom is -0.224 e. The molecule has 0 aromatic carbocycles. The first kappa shape index (κ1) is 10.2. The van der Waals surface area contributed by atoms with Crippen LogP contribution in [0.5, 0.6) is 0 Å². The lowest BCUT2D eigenvalue weighted by Crippen LogP contribution is -1.98. The summed E-state index contributed by atoms with van der Waals surface area (Å²) in [5.74, 6) is -0.0359. The average Bonchev–Trinajstić information content (AvgIpc) is 2.04. The Morgan fingerprint density at radius 2 is 2.00 bits per heavy atom. The molecule has 1 aromatic rings. The van der Waals surface area contributed by atoms with E-state index >= 15 is 0 Å². The maximum Gasteiger partial charge on any atom is 0.137 e. The predicted octanol–water partition coefficient (Wildman–Crippen LogP) is 2.80. The summed E-state index contributed by atoms with van der Waals surface area (Å²) < 4.78 is 0. The molecule has 0 aliphatic rings. The van der Waals surface area contributed by atoms with Gasteiger partial charge in [0.1, 0.15) is 16.6 Å². The van der Waals surface area contributed by atoms with Crippen molar-refractivity contribution in [1.29, 1.82) is 5.26 Å². The van der Waals surface area contributed by atoms with Crippen LogP contribution in [0.4, 0.5) is 0 Å². The van der Waals surface area contributed by atoms with E-state index in [-0.39, 0.29) is 5.92 Å². The van der Waals surface area contributed by atoms with Crippen molar-refractivity contribution in [2.24, 2.45) is 0 Å². The van der Waals surface area contributed by atoms with Crippen molar-refractivity contribution < 1.29 is 0 Å². The summed E-state index contributed by atoms with van der Waals surface area (Å²) in [6, 6.07) is 2.05. The second kappa shape index (κ2) is 4.40. The van der Waals surface area contributed by atoms with Gasteiger partial charge in [-0.25, -0.2) is 9.97 Å². The van der Waals surface area contributed by atoms with Crippen molar-refractivity contribution in [1.82, 2.24) is 9.97 Å². The van der Waals surface area contributed by atoms with Crippen molar-refractivity contribution in [3.05, 3.63) is 22.2 Å². The Morgan fingerprint density at radius 1 is 1.46 bits per heavy atom. The molecule has 0 bridgehead atoms. The summed E-state index contributed by atoms with van der Waals surface area (Å²) in [6.45, 7) is 1.86. The fourth-order valence-corrected chi connectivity index (χ4v) is 1.69. The highest BCUT2D eigenvalue weighted by Crippen LogP contribution is 2.29. The van der Waals surface area contributed by atoms with E-state index in [1.165, 1.54) is 6.33 Å². The van der Waals surface area contributed by atoms with Crippen LogP contribution in [-0.2, 0) is 0 Å². The van der Waals surface area contributed by atoms with E-state index in [4.69, 9.17) is 28.5 Å². The Morgan fingerprint density at radius 3 is 2.46 bits per heavy atom. The van der Waals surface area contributed by atoms with Gasteiger partial charge in [-0.3, -0.25) is 0 Å². The van der Waals surface area contributed by atoms with Crippen LogP contribution >= 0.6 is 23.2 Å². The second-order valence-electron chi connectivity index (χ2n) is 2.63. The third-order valence-corrected chi connectivity index (χ3v) is 2.28. The number of hydrogen-bond donors (Lipinski definition) is 0. The van der Waals surface area contributed by atoms with Crippen molar-refractivity contribution in [3.8, 4) is 6.07 Å². The number of nitriles is 1. The summed E-state index contributed by atoms with van der Waals surface area (Å²) in [7, 11) is 0. The third kappa shape index (κ3) is 2.30. The van der Waals surface area contributed by atoms with Crippen molar-refractivity contribution in [2.75, 3.05) is 0 Å². The molecule has 0 saturated carbocycles. The van der Waals surface area contributed by atoms with Crippen LogP contribution in [0.15, 0.2) is 6.33 Å². The molecule has 0 aliphatic carbocycles. The van der Waals surface area contributed by atoms with Crippen LogP contribution in [-0.4, -0.2) is 9.97 Å². The van der Waals surface area contributed by atoms with Gasteiger partial charge in [0.2, 0.25) is 0 Å². The third-order valence-electron chi connectivity index (χ3n) is 1.68. The second-order valence-corrected chi connectivity index (χ2v) is 3.35. The molecule has 1 atom stereocenters. The zero-order chi connectivity index (χ0) is 9.84. The molecular weight excluding hydrogens is 209 g/mol. The highest BCUT2D eigenvalue weighted by Gasteiger charge is 2.14. The highest BCUT2D eigenvalue weighted by molar-refractivity contribution is 6.34. The first-order valence-corrected chi connectivity index (χ1v) is 4.45. The van der Waals surface area contributed by atoms with Gasteiger partial charge in [0, 0.05) is 17.9 Å². The number of aromatic nitrogens is 2. The molecule has 0 spiro atoms. The van der Waals surface area contributed by atoms with Crippen LogP contribution in [0.25, 0.3) is 0 Å². The van der Waals surface area contributed by atoms with Gasteiger partial charge in [-0.1, -0.05) is 30.1 Å². The monoisotopic (exact) mass is 215 g/mol. The van der Waals surface area contributed by atoms with Crippen LogP contribution in [0.2, 0.25) is 10.3 Å². The normalized spacial score (nSPS) is 12.2. The summed E-state index contributed by atoms with van der Waals surface area (Å²) in [5, 5.41) is 9.15. The minimum absolute atomic E-state index is 0.0359.